The summed E-state index contributed by atoms with van der Waals surface area (Å²) in [6.07, 6.45) is 0. The van der Waals surface area contributed by atoms with Crippen molar-refractivity contribution in [3.05, 3.63) is 51.2 Å². The van der Waals surface area contributed by atoms with E-state index in [4.69, 9.17) is 4.74 Å². The Balaban J connectivity index is 2.34. The fourth-order valence-corrected chi connectivity index (χ4v) is 2.75. The SMILES string of the molecule is COc1csc(C(=O)C(C#N)c2ccc(C)c(C)c2)c1. The van der Waals surface area contributed by atoms with Gasteiger partial charge in [0.05, 0.1) is 18.1 Å². The van der Waals surface area contributed by atoms with Crippen LogP contribution in [0.2, 0.25) is 0 Å². The number of hydrogen-bond donors (Lipinski definition) is 0. The Bertz CT molecular complexity index is 682. The van der Waals surface area contributed by atoms with Gasteiger partial charge in [-0.1, -0.05) is 18.2 Å². The Morgan fingerprint density at radius 1 is 1.30 bits per heavy atom. The molecule has 4 heteroatoms. The first kappa shape index (κ1) is 14.3. The molecule has 3 nitrogen and oxygen atoms in total. The predicted molar refractivity (Wildman–Crippen MR) is 79.5 cm³/mol. The lowest BCUT2D eigenvalue weighted by molar-refractivity contribution is 0.0982. The van der Waals surface area contributed by atoms with Gasteiger partial charge in [-0.2, -0.15) is 5.26 Å². The van der Waals surface area contributed by atoms with E-state index in [2.05, 4.69) is 6.07 Å². The maximum absolute atomic E-state index is 12.4. The number of carbonyl (C=O) groups is 1. The molecule has 1 unspecified atom stereocenters. The zero-order valence-corrected chi connectivity index (χ0v) is 12.5. The number of nitriles is 1. The second-order valence-corrected chi connectivity index (χ2v) is 5.53. The molecule has 0 amide bonds. The Labute approximate surface area is 122 Å². The maximum Gasteiger partial charge on any atom is 0.194 e. The molecule has 102 valence electrons. The topological polar surface area (TPSA) is 50.1 Å². The van der Waals surface area contributed by atoms with Crippen LogP contribution in [0, 0.1) is 25.2 Å². The molecule has 0 N–H and O–H groups in total. The summed E-state index contributed by atoms with van der Waals surface area (Å²) >= 11 is 1.30. The molecular weight excluding hydrogens is 270 g/mol. The van der Waals surface area contributed by atoms with Gasteiger partial charge in [0.25, 0.3) is 0 Å². The molecule has 1 heterocycles. The van der Waals surface area contributed by atoms with Crippen molar-refractivity contribution in [2.75, 3.05) is 7.11 Å². The number of aryl methyl sites for hydroxylation is 2. The van der Waals surface area contributed by atoms with E-state index in [9.17, 15) is 10.1 Å². The molecule has 0 aliphatic carbocycles. The highest BCUT2D eigenvalue weighted by molar-refractivity contribution is 7.12. The van der Waals surface area contributed by atoms with Crippen LogP contribution in [0.1, 0.15) is 32.3 Å². The quantitative estimate of drug-likeness (QED) is 0.801. The van der Waals surface area contributed by atoms with E-state index in [1.165, 1.54) is 11.3 Å². The number of ether oxygens (including phenoxy) is 1. The molecule has 20 heavy (non-hydrogen) atoms. The van der Waals surface area contributed by atoms with E-state index in [1.54, 1.807) is 18.6 Å². The predicted octanol–water partition coefficient (Wildman–Crippen LogP) is 3.86. The average molecular weight is 285 g/mol. The fourth-order valence-electron chi connectivity index (χ4n) is 1.93. The summed E-state index contributed by atoms with van der Waals surface area (Å²) in [5.41, 5.74) is 2.97. The second kappa shape index (κ2) is 5.89. The first-order chi connectivity index (χ1) is 9.56. The molecule has 0 saturated heterocycles. The number of ketones is 1. The van der Waals surface area contributed by atoms with Crippen molar-refractivity contribution in [3.63, 3.8) is 0 Å². The number of nitrogens with zero attached hydrogens (tertiary/aromatic N) is 1. The molecule has 1 aromatic carbocycles. The summed E-state index contributed by atoms with van der Waals surface area (Å²) in [7, 11) is 1.56. The van der Waals surface area contributed by atoms with E-state index in [-0.39, 0.29) is 5.78 Å². The van der Waals surface area contributed by atoms with Gasteiger partial charge in [0.1, 0.15) is 11.7 Å². The smallest absolute Gasteiger partial charge is 0.194 e. The highest BCUT2D eigenvalue weighted by Crippen LogP contribution is 2.28. The summed E-state index contributed by atoms with van der Waals surface area (Å²) in [6.45, 7) is 3.98. The lowest BCUT2D eigenvalue weighted by atomic mass is 9.92. The monoisotopic (exact) mass is 285 g/mol. The summed E-state index contributed by atoms with van der Waals surface area (Å²) in [6, 6.07) is 9.48. The molecule has 0 aliphatic rings. The Morgan fingerprint density at radius 3 is 2.60 bits per heavy atom. The maximum atomic E-state index is 12.4. The van der Waals surface area contributed by atoms with E-state index >= 15 is 0 Å². The first-order valence-corrected chi connectivity index (χ1v) is 7.08. The van der Waals surface area contributed by atoms with Crippen LogP contribution in [0.15, 0.2) is 29.6 Å². The number of hydrogen-bond acceptors (Lipinski definition) is 4. The minimum atomic E-state index is -0.766. The van der Waals surface area contributed by atoms with Crippen LogP contribution in [-0.2, 0) is 0 Å². The van der Waals surface area contributed by atoms with Crippen LogP contribution >= 0.6 is 11.3 Å². The molecule has 0 fully saturated rings. The molecule has 0 radical (unpaired) electrons. The first-order valence-electron chi connectivity index (χ1n) is 6.20. The number of Topliss-reactive ketones (excluding diaryl/α,β-unsaturated/α-hetero) is 1. The standard InChI is InChI=1S/C16H15NO2S/c1-10-4-5-12(6-11(10)2)14(8-17)16(18)15-7-13(19-3)9-20-15/h4-7,9,14H,1-3H3. The molecule has 2 rings (SSSR count). The third-order valence-corrected chi connectivity index (χ3v) is 4.23. The van der Waals surface area contributed by atoms with Crippen LogP contribution < -0.4 is 4.74 Å². The van der Waals surface area contributed by atoms with Gasteiger partial charge >= 0.3 is 0 Å². The number of thiophene rings is 1. The Morgan fingerprint density at radius 2 is 2.05 bits per heavy atom. The van der Waals surface area contributed by atoms with E-state index in [1.807, 2.05) is 32.0 Å². The van der Waals surface area contributed by atoms with E-state index in [0.29, 0.717) is 10.6 Å². The van der Waals surface area contributed by atoms with Crippen molar-refractivity contribution in [1.29, 1.82) is 5.26 Å². The highest BCUT2D eigenvalue weighted by Gasteiger charge is 2.23. The average Bonchev–Trinajstić information content (AvgIpc) is 2.92. The van der Waals surface area contributed by atoms with Gasteiger partial charge in [0.2, 0.25) is 0 Å². The van der Waals surface area contributed by atoms with Gasteiger partial charge in [-0.15, -0.1) is 11.3 Å². The minimum absolute atomic E-state index is 0.177. The minimum Gasteiger partial charge on any atom is -0.496 e. The fraction of sp³-hybridized carbons (Fsp3) is 0.250. The van der Waals surface area contributed by atoms with E-state index < -0.39 is 5.92 Å². The number of methoxy groups -OCH3 is 1. The Kier molecular flexibility index (Phi) is 4.21. The normalized spacial score (nSPS) is 11.7. The number of benzene rings is 1. The van der Waals surface area contributed by atoms with Crippen LogP contribution in [0.4, 0.5) is 0 Å². The largest absolute Gasteiger partial charge is 0.496 e. The van der Waals surface area contributed by atoms with Gasteiger partial charge in [0.15, 0.2) is 5.78 Å². The van der Waals surface area contributed by atoms with Crippen molar-refractivity contribution in [1.82, 2.24) is 0 Å². The molecular formula is C16H15NO2S. The summed E-state index contributed by atoms with van der Waals surface area (Å²) < 4.78 is 5.07. The van der Waals surface area contributed by atoms with Gasteiger partial charge < -0.3 is 4.74 Å². The van der Waals surface area contributed by atoms with Gasteiger partial charge in [0, 0.05) is 11.4 Å². The molecule has 2 aromatic rings. The van der Waals surface area contributed by atoms with Crippen LogP contribution in [0.3, 0.4) is 0 Å². The van der Waals surface area contributed by atoms with Gasteiger partial charge in [-0.3, -0.25) is 4.79 Å². The highest BCUT2D eigenvalue weighted by atomic mass is 32.1. The third-order valence-electron chi connectivity index (χ3n) is 3.31. The zero-order valence-electron chi connectivity index (χ0n) is 11.6. The van der Waals surface area contributed by atoms with Crippen molar-refractivity contribution in [2.45, 2.75) is 19.8 Å². The lowest BCUT2D eigenvalue weighted by Crippen LogP contribution is -2.10. The molecule has 1 atom stereocenters. The van der Waals surface area contributed by atoms with Crippen LogP contribution in [0.5, 0.6) is 5.75 Å². The van der Waals surface area contributed by atoms with Crippen molar-refractivity contribution in [3.8, 4) is 11.8 Å². The van der Waals surface area contributed by atoms with Crippen LogP contribution in [0.25, 0.3) is 0 Å². The van der Waals surface area contributed by atoms with Gasteiger partial charge in [-0.25, -0.2) is 0 Å². The number of rotatable bonds is 4. The van der Waals surface area contributed by atoms with E-state index in [0.717, 1.165) is 16.7 Å². The lowest BCUT2D eigenvalue weighted by Gasteiger charge is -2.09. The van der Waals surface area contributed by atoms with Crippen LogP contribution in [-0.4, -0.2) is 12.9 Å². The molecule has 0 aliphatic heterocycles. The molecule has 0 bridgehead atoms. The molecule has 0 spiro atoms. The van der Waals surface area contributed by atoms with Crippen molar-refractivity contribution < 1.29 is 9.53 Å². The summed E-state index contributed by atoms with van der Waals surface area (Å²) in [5, 5.41) is 11.1. The van der Waals surface area contributed by atoms with Crippen molar-refractivity contribution in [2.24, 2.45) is 0 Å². The van der Waals surface area contributed by atoms with Crippen molar-refractivity contribution >= 4 is 17.1 Å². The second-order valence-electron chi connectivity index (χ2n) is 4.62. The molecule has 0 saturated carbocycles. The zero-order chi connectivity index (χ0) is 14.7. The Hall–Kier alpha value is -2.12. The molecule has 1 aromatic heterocycles. The third kappa shape index (κ3) is 2.73. The summed E-state index contributed by atoms with van der Waals surface area (Å²) in [5.74, 6) is -0.295. The summed E-state index contributed by atoms with van der Waals surface area (Å²) in [4.78, 5) is 13.0. The van der Waals surface area contributed by atoms with Gasteiger partial charge in [-0.05, 0) is 30.5 Å². The number of carbonyl (C=O) groups excluding carboxylic acids is 1.